The first-order valence-corrected chi connectivity index (χ1v) is 6.73. The quantitative estimate of drug-likeness (QED) is 0.845. The lowest BCUT2D eigenvalue weighted by Crippen LogP contribution is -2.25. The summed E-state index contributed by atoms with van der Waals surface area (Å²) in [5, 5.41) is 0. The molecule has 0 bridgehead atoms. The van der Waals surface area contributed by atoms with Crippen molar-refractivity contribution in [3.8, 4) is 0 Å². The standard InChI is InChI=1S/C15H24N2/c1-12(8-9-16)11-17(2)15-7-6-13-4-3-5-14(13)10-15/h6-7,10,12H,3-5,8-9,11,16H2,1-2H3. The maximum Gasteiger partial charge on any atom is 0.0366 e. The summed E-state index contributed by atoms with van der Waals surface area (Å²) < 4.78 is 0. The maximum absolute atomic E-state index is 5.60. The first-order valence-electron chi connectivity index (χ1n) is 6.73. The lowest BCUT2D eigenvalue weighted by atomic mass is 10.1. The van der Waals surface area contributed by atoms with E-state index in [0.29, 0.717) is 5.92 Å². The number of anilines is 1. The van der Waals surface area contributed by atoms with Gasteiger partial charge in [0.1, 0.15) is 0 Å². The molecule has 17 heavy (non-hydrogen) atoms. The van der Waals surface area contributed by atoms with E-state index in [1.54, 1.807) is 11.1 Å². The molecule has 0 amide bonds. The summed E-state index contributed by atoms with van der Waals surface area (Å²) in [5.41, 5.74) is 10.1. The fourth-order valence-electron chi connectivity index (χ4n) is 2.74. The second-order valence-corrected chi connectivity index (χ2v) is 5.37. The molecule has 0 saturated carbocycles. The van der Waals surface area contributed by atoms with E-state index < -0.39 is 0 Å². The minimum Gasteiger partial charge on any atom is -0.374 e. The van der Waals surface area contributed by atoms with E-state index >= 15 is 0 Å². The Morgan fingerprint density at radius 3 is 2.82 bits per heavy atom. The second-order valence-electron chi connectivity index (χ2n) is 5.37. The van der Waals surface area contributed by atoms with E-state index in [1.165, 1.54) is 24.9 Å². The zero-order valence-corrected chi connectivity index (χ0v) is 11.1. The summed E-state index contributed by atoms with van der Waals surface area (Å²) in [6.45, 7) is 4.16. The van der Waals surface area contributed by atoms with Gasteiger partial charge in [-0.1, -0.05) is 13.0 Å². The van der Waals surface area contributed by atoms with Crippen LogP contribution in [0.1, 0.15) is 30.9 Å². The predicted molar refractivity (Wildman–Crippen MR) is 74.6 cm³/mol. The Labute approximate surface area is 105 Å². The van der Waals surface area contributed by atoms with E-state index in [1.807, 2.05) is 0 Å². The van der Waals surface area contributed by atoms with Gasteiger partial charge in [0.15, 0.2) is 0 Å². The Kier molecular flexibility index (Phi) is 4.06. The van der Waals surface area contributed by atoms with Crippen molar-refractivity contribution in [1.82, 2.24) is 0 Å². The van der Waals surface area contributed by atoms with Crippen molar-refractivity contribution in [3.05, 3.63) is 29.3 Å². The fraction of sp³-hybridized carbons (Fsp3) is 0.600. The number of nitrogens with two attached hydrogens (primary N) is 1. The van der Waals surface area contributed by atoms with E-state index in [0.717, 1.165) is 19.5 Å². The smallest absolute Gasteiger partial charge is 0.0366 e. The number of benzene rings is 1. The summed E-state index contributed by atoms with van der Waals surface area (Å²) in [4.78, 5) is 2.36. The van der Waals surface area contributed by atoms with Gasteiger partial charge in [0.2, 0.25) is 0 Å². The molecule has 2 heteroatoms. The Balaban J connectivity index is 2.01. The molecule has 2 rings (SSSR count). The molecule has 1 aliphatic rings. The molecule has 0 spiro atoms. The van der Waals surface area contributed by atoms with Gasteiger partial charge in [0.25, 0.3) is 0 Å². The van der Waals surface area contributed by atoms with Gasteiger partial charge < -0.3 is 10.6 Å². The monoisotopic (exact) mass is 232 g/mol. The van der Waals surface area contributed by atoms with Gasteiger partial charge in [-0.3, -0.25) is 0 Å². The van der Waals surface area contributed by atoms with Crippen LogP contribution in [0.2, 0.25) is 0 Å². The number of fused-ring (bicyclic) bond motifs is 1. The average molecular weight is 232 g/mol. The molecule has 0 aliphatic heterocycles. The molecule has 0 heterocycles. The van der Waals surface area contributed by atoms with Gasteiger partial charge in [0, 0.05) is 19.3 Å². The highest BCUT2D eigenvalue weighted by Crippen LogP contribution is 2.26. The maximum atomic E-state index is 5.60. The van der Waals surface area contributed by atoms with Crippen molar-refractivity contribution in [3.63, 3.8) is 0 Å². The molecule has 2 N–H and O–H groups in total. The van der Waals surface area contributed by atoms with Crippen LogP contribution in [-0.4, -0.2) is 20.1 Å². The lowest BCUT2D eigenvalue weighted by Gasteiger charge is -2.24. The van der Waals surface area contributed by atoms with Crippen molar-refractivity contribution in [2.45, 2.75) is 32.6 Å². The van der Waals surface area contributed by atoms with Crippen LogP contribution in [0.5, 0.6) is 0 Å². The third-order valence-corrected chi connectivity index (χ3v) is 3.77. The molecule has 1 unspecified atom stereocenters. The van der Waals surface area contributed by atoms with Gasteiger partial charge >= 0.3 is 0 Å². The highest BCUT2D eigenvalue weighted by molar-refractivity contribution is 5.51. The zero-order valence-electron chi connectivity index (χ0n) is 11.1. The summed E-state index contributed by atoms with van der Waals surface area (Å²) in [5.74, 6) is 0.665. The third kappa shape index (κ3) is 3.01. The Bertz CT molecular complexity index is 373. The Hall–Kier alpha value is -1.02. The van der Waals surface area contributed by atoms with E-state index in [9.17, 15) is 0 Å². The second kappa shape index (κ2) is 5.54. The number of nitrogens with zero attached hydrogens (tertiary/aromatic N) is 1. The van der Waals surface area contributed by atoms with E-state index in [4.69, 9.17) is 5.73 Å². The molecule has 0 fully saturated rings. The molecule has 2 nitrogen and oxygen atoms in total. The Morgan fingerprint density at radius 2 is 2.06 bits per heavy atom. The average Bonchev–Trinajstić information content (AvgIpc) is 2.75. The van der Waals surface area contributed by atoms with Gasteiger partial charge in [0.05, 0.1) is 0 Å². The minimum absolute atomic E-state index is 0.665. The SMILES string of the molecule is CC(CCN)CN(C)c1ccc2c(c1)CCC2. The molecule has 94 valence electrons. The van der Waals surface area contributed by atoms with Crippen LogP contribution >= 0.6 is 0 Å². The normalized spacial score (nSPS) is 15.7. The zero-order chi connectivity index (χ0) is 12.3. The Morgan fingerprint density at radius 1 is 1.29 bits per heavy atom. The lowest BCUT2D eigenvalue weighted by molar-refractivity contribution is 0.539. The molecule has 1 aromatic carbocycles. The molecule has 1 aliphatic carbocycles. The number of hydrogen-bond acceptors (Lipinski definition) is 2. The van der Waals surface area contributed by atoms with Crippen molar-refractivity contribution < 1.29 is 0 Å². The highest BCUT2D eigenvalue weighted by atomic mass is 15.1. The first-order chi connectivity index (χ1) is 8.20. The van der Waals surface area contributed by atoms with Crippen LogP contribution in [-0.2, 0) is 12.8 Å². The van der Waals surface area contributed by atoms with Gasteiger partial charge in [-0.2, -0.15) is 0 Å². The molecule has 0 saturated heterocycles. The number of hydrogen-bond donors (Lipinski definition) is 1. The van der Waals surface area contributed by atoms with Gasteiger partial charge in [-0.25, -0.2) is 0 Å². The highest BCUT2D eigenvalue weighted by Gasteiger charge is 2.13. The predicted octanol–water partition coefficient (Wildman–Crippen LogP) is 2.60. The van der Waals surface area contributed by atoms with Crippen LogP contribution in [0.15, 0.2) is 18.2 Å². The van der Waals surface area contributed by atoms with Crippen LogP contribution < -0.4 is 10.6 Å². The topological polar surface area (TPSA) is 29.3 Å². The van der Waals surface area contributed by atoms with Crippen molar-refractivity contribution >= 4 is 5.69 Å². The molecular weight excluding hydrogens is 208 g/mol. The van der Waals surface area contributed by atoms with Crippen LogP contribution in [0, 0.1) is 5.92 Å². The minimum atomic E-state index is 0.665. The van der Waals surface area contributed by atoms with Crippen LogP contribution in [0.4, 0.5) is 5.69 Å². The van der Waals surface area contributed by atoms with Gasteiger partial charge in [-0.15, -0.1) is 0 Å². The largest absolute Gasteiger partial charge is 0.374 e. The van der Waals surface area contributed by atoms with Crippen molar-refractivity contribution in [1.29, 1.82) is 0 Å². The van der Waals surface area contributed by atoms with Crippen LogP contribution in [0.25, 0.3) is 0 Å². The molecular formula is C15H24N2. The van der Waals surface area contributed by atoms with Crippen LogP contribution in [0.3, 0.4) is 0 Å². The van der Waals surface area contributed by atoms with Gasteiger partial charge in [-0.05, 0) is 61.4 Å². The molecule has 0 aromatic heterocycles. The van der Waals surface area contributed by atoms with Crippen molar-refractivity contribution in [2.24, 2.45) is 11.7 Å². The fourth-order valence-corrected chi connectivity index (χ4v) is 2.74. The first kappa shape index (κ1) is 12.4. The third-order valence-electron chi connectivity index (χ3n) is 3.77. The van der Waals surface area contributed by atoms with Crippen molar-refractivity contribution in [2.75, 3.05) is 25.0 Å². The summed E-state index contributed by atoms with van der Waals surface area (Å²) in [6.07, 6.45) is 4.96. The molecule has 0 radical (unpaired) electrons. The number of aryl methyl sites for hydroxylation is 2. The number of rotatable bonds is 5. The summed E-state index contributed by atoms with van der Waals surface area (Å²) in [7, 11) is 2.18. The van der Waals surface area contributed by atoms with E-state index in [-0.39, 0.29) is 0 Å². The summed E-state index contributed by atoms with van der Waals surface area (Å²) in [6, 6.07) is 6.94. The molecule has 1 aromatic rings. The van der Waals surface area contributed by atoms with E-state index in [2.05, 4.69) is 37.1 Å². The molecule has 1 atom stereocenters. The summed E-state index contributed by atoms with van der Waals surface area (Å²) >= 11 is 0.